The van der Waals surface area contributed by atoms with Crippen LogP contribution in [0.3, 0.4) is 0 Å². The van der Waals surface area contributed by atoms with Crippen LogP contribution in [0.2, 0.25) is 0 Å². The van der Waals surface area contributed by atoms with Crippen molar-refractivity contribution >= 4 is 5.69 Å². The summed E-state index contributed by atoms with van der Waals surface area (Å²) in [6, 6.07) is 13.1. The Kier molecular flexibility index (Phi) is 4.46. The summed E-state index contributed by atoms with van der Waals surface area (Å²) in [4.78, 5) is 4.45. The van der Waals surface area contributed by atoms with Gasteiger partial charge in [0, 0.05) is 38.8 Å². The zero-order valence-electron chi connectivity index (χ0n) is 14.0. The first kappa shape index (κ1) is 16.2. The highest BCUT2D eigenvalue weighted by Gasteiger charge is 2.26. The lowest BCUT2D eigenvalue weighted by Crippen LogP contribution is -2.49. The van der Waals surface area contributed by atoms with Crippen molar-refractivity contribution in [1.82, 2.24) is 4.90 Å². The van der Waals surface area contributed by atoms with Crippen molar-refractivity contribution < 1.29 is 13.9 Å². The monoisotopic (exact) mass is 343 g/mol. The SMILES string of the molecule is NC[C@@H](c1ccc2c(c1)OCO2)N1CCN(c2ccccc2F)CC1. The van der Waals surface area contributed by atoms with E-state index in [1.165, 1.54) is 6.07 Å². The number of nitrogens with two attached hydrogens (primary N) is 1. The number of piperazine rings is 1. The molecule has 0 amide bonds. The Labute approximate surface area is 146 Å². The standard InChI is InChI=1S/C19H22FN3O2/c20-15-3-1-2-4-16(15)22-7-9-23(10-8-22)17(12-21)14-5-6-18-19(11-14)25-13-24-18/h1-6,11,17H,7-10,12-13,21H2/t17-/m0/s1. The molecule has 1 saturated heterocycles. The van der Waals surface area contributed by atoms with E-state index in [9.17, 15) is 4.39 Å². The lowest BCUT2D eigenvalue weighted by Gasteiger charge is -2.40. The predicted molar refractivity (Wildman–Crippen MR) is 94.5 cm³/mol. The second-order valence-electron chi connectivity index (χ2n) is 6.34. The summed E-state index contributed by atoms with van der Waals surface area (Å²) in [7, 11) is 0. The van der Waals surface area contributed by atoms with Gasteiger partial charge in [-0.05, 0) is 29.8 Å². The zero-order chi connectivity index (χ0) is 17.2. The minimum Gasteiger partial charge on any atom is -0.454 e. The number of fused-ring (bicyclic) bond motifs is 1. The normalized spacial score (nSPS) is 18.4. The lowest BCUT2D eigenvalue weighted by atomic mass is 10.0. The van der Waals surface area contributed by atoms with Crippen LogP contribution >= 0.6 is 0 Å². The third kappa shape index (κ3) is 3.15. The summed E-state index contributed by atoms with van der Waals surface area (Å²) in [5.41, 5.74) is 7.87. The fourth-order valence-electron chi connectivity index (χ4n) is 3.60. The van der Waals surface area contributed by atoms with Crippen LogP contribution in [0.1, 0.15) is 11.6 Å². The third-order valence-electron chi connectivity index (χ3n) is 4.95. The van der Waals surface area contributed by atoms with Crippen LogP contribution in [0.4, 0.5) is 10.1 Å². The van der Waals surface area contributed by atoms with E-state index in [1.54, 1.807) is 6.07 Å². The molecule has 0 bridgehead atoms. The van der Waals surface area contributed by atoms with Gasteiger partial charge in [0.05, 0.1) is 5.69 Å². The van der Waals surface area contributed by atoms with E-state index in [2.05, 4.69) is 9.80 Å². The number of hydrogen-bond acceptors (Lipinski definition) is 5. The second-order valence-corrected chi connectivity index (χ2v) is 6.34. The van der Waals surface area contributed by atoms with Crippen LogP contribution in [0.5, 0.6) is 11.5 Å². The number of hydrogen-bond donors (Lipinski definition) is 1. The van der Waals surface area contributed by atoms with Gasteiger partial charge in [-0.25, -0.2) is 4.39 Å². The molecule has 0 unspecified atom stereocenters. The number of anilines is 1. The fourth-order valence-corrected chi connectivity index (χ4v) is 3.60. The topological polar surface area (TPSA) is 51.0 Å². The van der Waals surface area contributed by atoms with Gasteiger partial charge in [0.25, 0.3) is 0 Å². The molecule has 0 radical (unpaired) electrons. The predicted octanol–water partition coefficient (Wildman–Crippen LogP) is 2.38. The molecule has 5 nitrogen and oxygen atoms in total. The zero-order valence-corrected chi connectivity index (χ0v) is 14.0. The molecule has 2 heterocycles. The van der Waals surface area contributed by atoms with Crippen molar-refractivity contribution in [1.29, 1.82) is 0 Å². The number of nitrogens with zero attached hydrogens (tertiary/aromatic N) is 2. The molecule has 6 heteroatoms. The van der Waals surface area contributed by atoms with Gasteiger partial charge in [-0.1, -0.05) is 18.2 Å². The Bertz CT molecular complexity index is 747. The number of benzene rings is 2. The summed E-state index contributed by atoms with van der Waals surface area (Å²) >= 11 is 0. The summed E-state index contributed by atoms with van der Waals surface area (Å²) in [5.74, 6) is 1.40. The largest absolute Gasteiger partial charge is 0.454 e. The molecule has 0 aromatic heterocycles. The molecule has 0 spiro atoms. The van der Waals surface area contributed by atoms with Gasteiger partial charge >= 0.3 is 0 Å². The van der Waals surface area contributed by atoms with Crippen LogP contribution in [0, 0.1) is 5.82 Å². The van der Waals surface area contributed by atoms with Crippen molar-refractivity contribution in [3.63, 3.8) is 0 Å². The molecule has 0 saturated carbocycles. The molecule has 1 atom stereocenters. The molecule has 2 N–H and O–H groups in total. The maximum absolute atomic E-state index is 14.0. The van der Waals surface area contributed by atoms with Crippen LogP contribution in [0.25, 0.3) is 0 Å². The highest BCUT2D eigenvalue weighted by molar-refractivity contribution is 5.48. The summed E-state index contributed by atoms with van der Waals surface area (Å²) in [6.07, 6.45) is 0. The van der Waals surface area contributed by atoms with E-state index in [0.717, 1.165) is 43.2 Å². The molecule has 0 aliphatic carbocycles. The van der Waals surface area contributed by atoms with E-state index in [4.69, 9.17) is 15.2 Å². The van der Waals surface area contributed by atoms with Crippen molar-refractivity contribution in [2.24, 2.45) is 5.73 Å². The Balaban J connectivity index is 1.46. The minimum absolute atomic E-state index is 0.122. The van der Waals surface area contributed by atoms with Crippen molar-refractivity contribution in [2.45, 2.75) is 6.04 Å². The quantitative estimate of drug-likeness (QED) is 0.924. The van der Waals surface area contributed by atoms with Crippen LogP contribution < -0.4 is 20.1 Å². The molecule has 2 aromatic rings. The highest BCUT2D eigenvalue weighted by Crippen LogP contribution is 2.35. The first-order chi connectivity index (χ1) is 12.3. The average molecular weight is 343 g/mol. The first-order valence-electron chi connectivity index (χ1n) is 8.59. The van der Waals surface area contributed by atoms with Crippen molar-refractivity contribution in [3.05, 3.63) is 53.8 Å². The number of rotatable bonds is 4. The van der Waals surface area contributed by atoms with E-state index >= 15 is 0 Å². The van der Waals surface area contributed by atoms with Gasteiger partial charge < -0.3 is 20.1 Å². The van der Waals surface area contributed by atoms with Crippen molar-refractivity contribution in [3.8, 4) is 11.5 Å². The van der Waals surface area contributed by atoms with E-state index in [0.29, 0.717) is 12.2 Å². The number of halogens is 1. The van der Waals surface area contributed by atoms with E-state index < -0.39 is 0 Å². The molecule has 25 heavy (non-hydrogen) atoms. The van der Waals surface area contributed by atoms with E-state index in [-0.39, 0.29) is 18.7 Å². The Morgan fingerprint density at radius 2 is 1.76 bits per heavy atom. The molecule has 2 aliphatic heterocycles. The molecule has 1 fully saturated rings. The summed E-state index contributed by atoms with van der Waals surface area (Å²) in [6.45, 7) is 4.03. The second kappa shape index (κ2) is 6.90. The maximum atomic E-state index is 14.0. The van der Waals surface area contributed by atoms with Gasteiger partial charge in [-0.15, -0.1) is 0 Å². The van der Waals surface area contributed by atoms with E-state index in [1.807, 2.05) is 30.3 Å². The third-order valence-corrected chi connectivity index (χ3v) is 4.95. The van der Waals surface area contributed by atoms with Crippen LogP contribution in [0.15, 0.2) is 42.5 Å². The Morgan fingerprint density at radius 1 is 1.00 bits per heavy atom. The van der Waals surface area contributed by atoms with Crippen LogP contribution in [-0.2, 0) is 0 Å². The molecular formula is C19H22FN3O2. The first-order valence-corrected chi connectivity index (χ1v) is 8.59. The molecule has 2 aromatic carbocycles. The smallest absolute Gasteiger partial charge is 0.231 e. The Hall–Kier alpha value is -2.31. The minimum atomic E-state index is -0.165. The number of para-hydroxylation sites is 1. The number of ether oxygens (including phenoxy) is 2. The maximum Gasteiger partial charge on any atom is 0.231 e. The highest BCUT2D eigenvalue weighted by atomic mass is 19.1. The van der Waals surface area contributed by atoms with Crippen molar-refractivity contribution in [2.75, 3.05) is 44.4 Å². The van der Waals surface area contributed by atoms with Gasteiger partial charge in [-0.2, -0.15) is 0 Å². The van der Waals surface area contributed by atoms with Crippen LogP contribution in [-0.4, -0.2) is 44.4 Å². The van der Waals surface area contributed by atoms with Gasteiger partial charge in [0.15, 0.2) is 11.5 Å². The van der Waals surface area contributed by atoms with Gasteiger partial charge in [-0.3, -0.25) is 4.90 Å². The summed E-state index contributed by atoms with van der Waals surface area (Å²) in [5, 5.41) is 0. The molecule has 2 aliphatic rings. The molecule has 132 valence electrons. The Morgan fingerprint density at radius 3 is 2.52 bits per heavy atom. The molecule has 4 rings (SSSR count). The van der Waals surface area contributed by atoms with Gasteiger partial charge in [0.1, 0.15) is 5.82 Å². The average Bonchev–Trinajstić information content (AvgIpc) is 3.11. The van der Waals surface area contributed by atoms with Gasteiger partial charge in [0.2, 0.25) is 6.79 Å². The lowest BCUT2D eigenvalue weighted by molar-refractivity contribution is 0.173. The summed E-state index contributed by atoms with van der Waals surface area (Å²) < 4.78 is 24.8. The fraction of sp³-hybridized carbons (Fsp3) is 0.368. The molecular weight excluding hydrogens is 321 g/mol.